The highest BCUT2D eigenvalue weighted by atomic mass is 16.2. The molecule has 1 rings (SSSR count). The molecule has 0 fully saturated rings. The summed E-state index contributed by atoms with van der Waals surface area (Å²) in [7, 11) is 0. The Kier molecular flexibility index (Phi) is 5.75. The molecular formula is C17H28N2O. The molecule has 0 spiro atoms. The number of benzene rings is 1. The van der Waals surface area contributed by atoms with Crippen molar-refractivity contribution < 1.29 is 4.79 Å². The minimum absolute atomic E-state index is 0.0560. The van der Waals surface area contributed by atoms with E-state index in [1.165, 1.54) is 11.1 Å². The highest BCUT2D eigenvalue weighted by molar-refractivity contribution is 5.81. The lowest BCUT2D eigenvalue weighted by molar-refractivity contribution is -0.123. The van der Waals surface area contributed by atoms with Crippen LogP contribution in [-0.2, 0) is 10.2 Å². The zero-order chi connectivity index (χ0) is 15.3. The molecule has 2 unspecified atom stereocenters. The summed E-state index contributed by atoms with van der Waals surface area (Å²) >= 11 is 0. The number of carbonyl (C=O) groups is 1. The van der Waals surface area contributed by atoms with Crippen molar-refractivity contribution in [2.45, 2.75) is 52.5 Å². The predicted molar refractivity (Wildman–Crippen MR) is 84.6 cm³/mol. The van der Waals surface area contributed by atoms with E-state index >= 15 is 0 Å². The van der Waals surface area contributed by atoms with E-state index in [0.717, 1.165) is 6.42 Å². The largest absolute Gasteiger partial charge is 0.354 e. The second-order valence-electron chi connectivity index (χ2n) is 6.38. The van der Waals surface area contributed by atoms with Crippen molar-refractivity contribution in [2.24, 2.45) is 11.7 Å². The van der Waals surface area contributed by atoms with Gasteiger partial charge in [-0.1, -0.05) is 63.9 Å². The quantitative estimate of drug-likeness (QED) is 0.839. The topological polar surface area (TPSA) is 55.1 Å². The lowest BCUT2D eigenvalue weighted by Gasteiger charge is -2.27. The van der Waals surface area contributed by atoms with Gasteiger partial charge in [-0.2, -0.15) is 0 Å². The molecule has 0 saturated heterocycles. The van der Waals surface area contributed by atoms with E-state index in [9.17, 15) is 4.79 Å². The fourth-order valence-corrected chi connectivity index (χ4v) is 2.05. The number of nitrogens with two attached hydrogens (primary N) is 1. The normalized spacial score (nSPS) is 14.7. The maximum Gasteiger partial charge on any atom is 0.237 e. The van der Waals surface area contributed by atoms with Crippen LogP contribution in [0.4, 0.5) is 0 Å². The van der Waals surface area contributed by atoms with E-state index in [4.69, 9.17) is 5.73 Å². The van der Waals surface area contributed by atoms with Gasteiger partial charge < -0.3 is 11.1 Å². The van der Waals surface area contributed by atoms with Crippen LogP contribution in [0.25, 0.3) is 0 Å². The first-order chi connectivity index (χ1) is 9.27. The van der Waals surface area contributed by atoms with Crippen molar-refractivity contribution in [1.29, 1.82) is 0 Å². The number of hydrogen-bond acceptors (Lipinski definition) is 2. The Balaban J connectivity index is 2.63. The average molecular weight is 276 g/mol. The lowest BCUT2D eigenvalue weighted by atomic mass is 9.84. The summed E-state index contributed by atoms with van der Waals surface area (Å²) in [6.45, 7) is 11.0. The maximum absolute atomic E-state index is 12.0. The summed E-state index contributed by atoms with van der Waals surface area (Å²) in [4.78, 5) is 12.0. The van der Waals surface area contributed by atoms with Gasteiger partial charge in [0.2, 0.25) is 5.91 Å². The fourth-order valence-electron chi connectivity index (χ4n) is 2.05. The Labute approximate surface area is 122 Å². The van der Waals surface area contributed by atoms with Gasteiger partial charge in [0.1, 0.15) is 0 Å². The van der Waals surface area contributed by atoms with Gasteiger partial charge in [0.15, 0.2) is 0 Å². The van der Waals surface area contributed by atoms with Crippen LogP contribution in [0.5, 0.6) is 0 Å². The smallest absolute Gasteiger partial charge is 0.237 e. The monoisotopic (exact) mass is 276 g/mol. The number of amides is 1. The SMILES string of the molecule is CCC(C)C(N)C(=O)NCC(C)(C)c1ccc(C)cc1. The van der Waals surface area contributed by atoms with Crippen LogP contribution in [-0.4, -0.2) is 18.5 Å². The van der Waals surface area contributed by atoms with E-state index in [-0.39, 0.29) is 17.2 Å². The van der Waals surface area contributed by atoms with Crippen LogP contribution in [0.1, 0.15) is 45.2 Å². The molecule has 0 aliphatic rings. The van der Waals surface area contributed by atoms with Gasteiger partial charge in [-0.05, 0) is 18.4 Å². The van der Waals surface area contributed by atoms with E-state index in [2.05, 4.69) is 50.4 Å². The molecule has 0 heterocycles. The van der Waals surface area contributed by atoms with Gasteiger partial charge in [-0.25, -0.2) is 0 Å². The maximum atomic E-state index is 12.0. The number of carbonyl (C=O) groups excluding carboxylic acids is 1. The lowest BCUT2D eigenvalue weighted by Crippen LogP contribution is -2.47. The Morgan fingerprint density at radius 1 is 1.30 bits per heavy atom. The molecule has 1 amide bonds. The molecule has 0 aliphatic heterocycles. The molecule has 0 aliphatic carbocycles. The van der Waals surface area contributed by atoms with Crippen molar-refractivity contribution in [3.8, 4) is 0 Å². The second kappa shape index (κ2) is 6.89. The molecule has 1 aromatic rings. The minimum Gasteiger partial charge on any atom is -0.354 e. The number of rotatable bonds is 6. The molecule has 3 N–H and O–H groups in total. The second-order valence-corrected chi connectivity index (χ2v) is 6.38. The van der Waals surface area contributed by atoms with Crippen LogP contribution in [0.15, 0.2) is 24.3 Å². The van der Waals surface area contributed by atoms with Crippen molar-refractivity contribution in [2.75, 3.05) is 6.54 Å². The summed E-state index contributed by atoms with van der Waals surface area (Å²) < 4.78 is 0. The fraction of sp³-hybridized carbons (Fsp3) is 0.588. The molecule has 20 heavy (non-hydrogen) atoms. The van der Waals surface area contributed by atoms with Gasteiger partial charge in [0, 0.05) is 12.0 Å². The Bertz CT molecular complexity index is 437. The number of nitrogens with one attached hydrogen (secondary N) is 1. The summed E-state index contributed by atoms with van der Waals surface area (Å²) in [6, 6.07) is 8.02. The molecular weight excluding hydrogens is 248 g/mol. The summed E-state index contributed by atoms with van der Waals surface area (Å²) in [5.74, 6) is 0.150. The number of hydrogen-bond donors (Lipinski definition) is 2. The van der Waals surface area contributed by atoms with E-state index in [0.29, 0.717) is 6.54 Å². The third kappa shape index (κ3) is 4.34. The van der Waals surface area contributed by atoms with Gasteiger partial charge in [-0.3, -0.25) is 4.79 Å². The Morgan fingerprint density at radius 3 is 2.35 bits per heavy atom. The Morgan fingerprint density at radius 2 is 1.85 bits per heavy atom. The summed E-state index contributed by atoms with van der Waals surface area (Å²) in [5.41, 5.74) is 8.31. The molecule has 0 aromatic heterocycles. The van der Waals surface area contributed by atoms with Gasteiger partial charge in [0.25, 0.3) is 0 Å². The predicted octanol–water partition coefficient (Wildman–Crippen LogP) is 2.76. The molecule has 1 aromatic carbocycles. The zero-order valence-electron chi connectivity index (χ0n) is 13.4. The molecule has 2 atom stereocenters. The van der Waals surface area contributed by atoms with Crippen molar-refractivity contribution in [3.63, 3.8) is 0 Å². The van der Waals surface area contributed by atoms with E-state index in [1.807, 2.05) is 13.8 Å². The molecule has 3 heteroatoms. The van der Waals surface area contributed by atoms with Crippen molar-refractivity contribution >= 4 is 5.91 Å². The zero-order valence-corrected chi connectivity index (χ0v) is 13.4. The summed E-state index contributed by atoms with van der Waals surface area (Å²) in [6.07, 6.45) is 0.913. The highest BCUT2D eigenvalue weighted by Gasteiger charge is 2.24. The summed E-state index contributed by atoms with van der Waals surface area (Å²) in [5, 5.41) is 2.99. The van der Waals surface area contributed by atoms with Crippen LogP contribution < -0.4 is 11.1 Å². The highest BCUT2D eigenvalue weighted by Crippen LogP contribution is 2.22. The van der Waals surface area contributed by atoms with Crippen LogP contribution in [0, 0.1) is 12.8 Å². The first kappa shape index (κ1) is 16.7. The third-order valence-electron chi connectivity index (χ3n) is 4.10. The first-order valence-electron chi connectivity index (χ1n) is 7.38. The van der Waals surface area contributed by atoms with Gasteiger partial charge in [-0.15, -0.1) is 0 Å². The van der Waals surface area contributed by atoms with Crippen molar-refractivity contribution in [3.05, 3.63) is 35.4 Å². The Hall–Kier alpha value is -1.35. The minimum atomic E-state index is -0.422. The molecule has 0 radical (unpaired) electrons. The van der Waals surface area contributed by atoms with Crippen molar-refractivity contribution in [1.82, 2.24) is 5.32 Å². The third-order valence-corrected chi connectivity index (χ3v) is 4.10. The van der Waals surface area contributed by atoms with Crippen LogP contribution in [0.2, 0.25) is 0 Å². The van der Waals surface area contributed by atoms with E-state index in [1.54, 1.807) is 0 Å². The molecule has 0 bridgehead atoms. The van der Waals surface area contributed by atoms with Gasteiger partial charge in [0.05, 0.1) is 6.04 Å². The first-order valence-corrected chi connectivity index (χ1v) is 7.38. The van der Waals surface area contributed by atoms with Gasteiger partial charge >= 0.3 is 0 Å². The standard InChI is InChI=1S/C17H28N2O/c1-6-13(3)15(18)16(20)19-11-17(4,5)14-9-7-12(2)8-10-14/h7-10,13,15H,6,11,18H2,1-5H3,(H,19,20). The number of aryl methyl sites for hydroxylation is 1. The molecule has 112 valence electrons. The average Bonchev–Trinajstić information content (AvgIpc) is 2.43. The van der Waals surface area contributed by atoms with Crippen LogP contribution >= 0.6 is 0 Å². The van der Waals surface area contributed by atoms with E-state index < -0.39 is 6.04 Å². The molecule has 0 saturated carbocycles. The molecule has 3 nitrogen and oxygen atoms in total. The van der Waals surface area contributed by atoms with Crippen LogP contribution in [0.3, 0.4) is 0 Å².